The van der Waals surface area contributed by atoms with E-state index in [2.05, 4.69) is 56.9 Å². The van der Waals surface area contributed by atoms with E-state index in [1.54, 1.807) is 6.08 Å². The van der Waals surface area contributed by atoms with Crippen LogP contribution in [0, 0.1) is 0 Å². The summed E-state index contributed by atoms with van der Waals surface area (Å²) in [5, 5.41) is 5.40. The Hall–Kier alpha value is -1.82. The van der Waals surface area contributed by atoms with Crippen LogP contribution >= 0.6 is 0 Å². The van der Waals surface area contributed by atoms with Crippen molar-refractivity contribution < 1.29 is 13.2 Å². The lowest BCUT2D eigenvalue weighted by atomic mass is 10.2. The minimum Gasteiger partial charge on any atom is -0.405 e. The van der Waals surface area contributed by atoms with Gasteiger partial charge in [0.05, 0.1) is 6.61 Å². The van der Waals surface area contributed by atoms with Crippen LogP contribution in [0.2, 0.25) is 5.04 Å². The Morgan fingerprint density at radius 1 is 1.00 bits per heavy atom. The molecule has 0 aliphatic carbocycles. The summed E-state index contributed by atoms with van der Waals surface area (Å²) in [7, 11) is -2.63. The van der Waals surface area contributed by atoms with Crippen LogP contribution in [0.3, 0.4) is 0 Å². The lowest BCUT2D eigenvalue weighted by Crippen LogP contribution is -2.67. The summed E-state index contributed by atoms with van der Waals surface area (Å²) >= 11 is 0. The molecule has 0 saturated carbocycles. The Morgan fingerprint density at radius 2 is 1.50 bits per heavy atom. The Balaban J connectivity index is 2.37. The number of benzene rings is 2. The molecule has 2 aromatic carbocycles. The maximum absolute atomic E-state index is 12.5. The topological polar surface area (TPSA) is 21.3 Å². The average Bonchev–Trinajstić information content (AvgIpc) is 2.67. The van der Waals surface area contributed by atoms with Gasteiger partial charge in [0.2, 0.25) is 6.43 Å². The van der Waals surface area contributed by atoms with Gasteiger partial charge in [0.1, 0.15) is 0 Å². The van der Waals surface area contributed by atoms with Gasteiger partial charge in [0.25, 0.3) is 8.32 Å². The molecular weight excluding hydrogens is 372 g/mol. The molecule has 0 aliphatic heterocycles. The molecule has 2 aromatic rings. The van der Waals surface area contributed by atoms with E-state index >= 15 is 0 Å². The quantitative estimate of drug-likeness (QED) is 0.470. The van der Waals surface area contributed by atoms with Crippen LogP contribution in [0.15, 0.2) is 73.3 Å². The SMILES string of the molecule is C=C[C@@H](CO[Si](c1ccccc1)(c1ccccc1)C(C)(C)C)NCCC(F)F. The van der Waals surface area contributed by atoms with Gasteiger partial charge in [-0.05, 0) is 15.4 Å². The van der Waals surface area contributed by atoms with Crippen LogP contribution in [0.4, 0.5) is 8.78 Å². The minimum absolute atomic E-state index is 0.121. The molecule has 2 nitrogen and oxygen atoms in total. The Morgan fingerprint density at radius 3 is 1.89 bits per heavy atom. The molecule has 0 fully saturated rings. The van der Waals surface area contributed by atoms with Crippen molar-refractivity contribution in [3.05, 3.63) is 73.3 Å². The van der Waals surface area contributed by atoms with E-state index in [1.165, 1.54) is 10.4 Å². The fraction of sp³-hybridized carbons (Fsp3) is 0.391. The monoisotopic (exact) mass is 403 g/mol. The summed E-state index contributed by atoms with van der Waals surface area (Å²) in [5.41, 5.74) is 0. The fourth-order valence-electron chi connectivity index (χ4n) is 3.56. The number of halogens is 2. The molecule has 0 spiro atoms. The van der Waals surface area contributed by atoms with E-state index in [-0.39, 0.29) is 24.0 Å². The van der Waals surface area contributed by atoms with Crippen molar-refractivity contribution in [2.24, 2.45) is 0 Å². The van der Waals surface area contributed by atoms with Crippen molar-refractivity contribution in [2.45, 2.75) is 44.7 Å². The Kier molecular flexibility index (Phi) is 8.10. The molecule has 1 atom stereocenters. The molecule has 0 heterocycles. The summed E-state index contributed by atoms with van der Waals surface area (Å²) in [6.45, 7) is 11.1. The first kappa shape index (κ1) is 22.5. The number of hydrogen-bond acceptors (Lipinski definition) is 2. The number of hydrogen-bond donors (Lipinski definition) is 1. The largest absolute Gasteiger partial charge is 0.405 e. The average molecular weight is 404 g/mol. The van der Waals surface area contributed by atoms with Crippen LogP contribution in [-0.4, -0.2) is 33.9 Å². The second-order valence-corrected chi connectivity index (χ2v) is 12.3. The van der Waals surface area contributed by atoms with Gasteiger partial charge in [-0.25, -0.2) is 8.78 Å². The summed E-state index contributed by atoms with van der Waals surface area (Å²) in [6, 6.07) is 20.6. The lowest BCUT2D eigenvalue weighted by Gasteiger charge is -2.43. The van der Waals surface area contributed by atoms with Gasteiger partial charge in [-0.15, -0.1) is 6.58 Å². The van der Waals surface area contributed by atoms with Crippen molar-refractivity contribution in [3.63, 3.8) is 0 Å². The maximum Gasteiger partial charge on any atom is 0.261 e. The van der Waals surface area contributed by atoms with Crippen LogP contribution in [0.25, 0.3) is 0 Å². The molecule has 0 aliphatic rings. The van der Waals surface area contributed by atoms with Crippen LogP contribution in [0.1, 0.15) is 27.2 Å². The van der Waals surface area contributed by atoms with Gasteiger partial charge >= 0.3 is 0 Å². The number of nitrogens with one attached hydrogen (secondary N) is 1. The molecular formula is C23H31F2NOSi. The highest BCUT2D eigenvalue weighted by Gasteiger charge is 2.50. The number of alkyl halides is 2. The van der Waals surface area contributed by atoms with Crippen molar-refractivity contribution >= 4 is 18.7 Å². The normalized spacial score (nSPS) is 13.5. The van der Waals surface area contributed by atoms with Crippen LogP contribution in [0.5, 0.6) is 0 Å². The van der Waals surface area contributed by atoms with Gasteiger partial charge in [-0.1, -0.05) is 87.5 Å². The zero-order chi connectivity index (χ0) is 20.6. The first-order chi connectivity index (χ1) is 13.3. The molecule has 2 rings (SSSR count). The first-order valence-corrected chi connectivity index (χ1v) is 11.6. The van der Waals surface area contributed by atoms with Crippen molar-refractivity contribution in [1.29, 1.82) is 0 Å². The van der Waals surface area contributed by atoms with Gasteiger partial charge < -0.3 is 9.74 Å². The molecule has 0 amide bonds. The maximum atomic E-state index is 12.5. The molecule has 152 valence electrons. The summed E-state index contributed by atoms with van der Waals surface area (Å²) in [4.78, 5) is 0. The second kappa shape index (κ2) is 10.1. The van der Waals surface area contributed by atoms with Crippen LogP contribution in [-0.2, 0) is 4.43 Å². The zero-order valence-corrected chi connectivity index (χ0v) is 18.0. The molecule has 0 saturated heterocycles. The van der Waals surface area contributed by atoms with E-state index in [1.807, 2.05) is 36.4 Å². The predicted molar refractivity (Wildman–Crippen MR) is 116 cm³/mol. The van der Waals surface area contributed by atoms with E-state index in [0.717, 1.165) is 0 Å². The van der Waals surface area contributed by atoms with Gasteiger partial charge in [-0.2, -0.15) is 0 Å². The molecule has 28 heavy (non-hydrogen) atoms. The van der Waals surface area contributed by atoms with Crippen molar-refractivity contribution in [1.82, 2.24) is 5.32 Å². The molecule has 5 heteroatoms. The minimum atomic E-state index is -2.63. The van der Waals surface area contributed by atoms with E-state index < -0.39 is 14.7 Å². The standard InChI is InChI=1S/C23H31F2NOSi/c1-5-19(26-17-16-22(24)25)18-27-28(23(2,3)4,20-12-8-6-9-13-20)21-14-10-7-11-15-21/h5-15,19,22,26H,1,16-18H2,2-4H3/t19-/m0/s1. The smallest absolute Gasteiger partial charge is 0.261 e. The Bertz CT molecular complexity index is 677. The highest BCUT2D eigenvalue weighted by atomic mass is 28.4. The van der Waals surface area contributed by atoms with Crippen molar-refractivity contribution in [2.75, 3.05) is 13.2 Å². The fourth-order valence-corrected chi connectivity index (χ4v) is 8.15. The third kappa shape index (κ3) is 5.37. The molecule has 1 N–H and O–H groups in total. The van der Waals surface area contributed by atoms with E-state index in [0.29, 0.717) is 6.61 Å². The molecule has 0 aromatic heterocycles. The Labute approximate surface area is 168 Å². The third-order valence-corrected chi connectivity index (χ3v) is 9.95. The van der Waals surface area contributed by atoms with Gasteiger partial charge in [0.15, 0.2) is 0 Å². The highest BCUT2D eigenvalue weighted by Crippen LogP contribution is 2.36. The lowest BCUT2D eigenvalue weighted by molar-refractivity contribution is 0.135. The van der Waals surface area contributed by atoms with Gasteiger partial charge in [0, 0.05) is 19.0 Å². The number of rotatable bonds is 10. The van der Waals surface area contributed by atoms with E-state index in [4.69, 9.17) is 4.43 Å². The van der Waals surface area contributed by atoms with E-state index in [9.17, 15) is 8.78 Å². The summed E-state index contributed by atoms with van der Waals surface area (Å²) < 4.78 is 31.7. The molecule has 0 radical (unpaired) electrons. The summed E-state index contributed by atoms with van der Waals surface area (Å²) in [5.74, 6) is 0. The zero-order valence-electron chi connectivity index (χ0n) is 17.0. The van der Waals surface area contributed by atoms with Crippen molar-refractivity contribution in [3.8, 4) is 0 Å². The predicted octanol–water partition coefficient (Wildman–Crippen LogP) is 4.36. The second-order valence-electron chi connectivity index (χ2n) is 7.95. The van der Waals surface area contributed by atoms with Crippen LogP contribution < -0.4 is 15.7 Å². The molecule has 0 unspecified atom stereocenters. The highest BCUT2D eigenvalue weighted by molar-refractivity contribution is 6.99. The summed E-state index contributed by atoms with van der Waals surface area (Å²) in [6.07, 6.45) is -0.747. The molecule has 0 bridgehead atoms. The first-order valence-electron chi connectivity index (χ1n) is 9.70. The third-order valence-electron chi connectivity index (χ3n) is 4.95. The van der Waals surface area contributed by atoms with Gasteiger partial charge in [-0.3, -0.25) is 0 Å².